The second kappa shape index (κ2) is 6.13. The SMILES string of the molecule is CC1OC(=O)N(OC2C=Cc3ccccc32)C1Cc1ccccc1. The van der Waals surface area contributed by atoms with Crippen molar-refractivity contribution in [2.24, 2.45) is 0 Å². The molecule has 1 fully saturated rings. The monoisotopic (exact) mass is 321 g/mol. The minimum atomic E-state index is -0.416. The van der Waals surface area contributed by atoms with Crippen LogP contribution < -0.4 is 0 Å². The number of benzene rings is 2. The summed E-state index contributed by atoms with van der Waals surface area (Å²) in [6.07, 6.45) is 3.82. The van der Waals surface area contributed by atoms with E-state index < -0.39 is 6.09 Å². The number of rotatable bonds is 4. The largest absolute Gasteiger partial charge is 0.443 e. The number of hydroxylamine groups is 2. The highest BCUT2D eigenvalue weighted by molar-refractivity contribution is 5.69. The molecule has 0 spiro atoms. The van der Waals surface area contributed by atoms with Gasteiger partial charge in [0.05, 0.1) is 0 Å². The molecule has 24 heavy (non-hydrogen) atoms. The summed E-state index contributed by atoms with van der Waals surface area (Å²) >= 11 is 0. The van der Waals surface area contributed by atoms with E-state index in [1.165, 1.54) is 5.06 Å². The van der Waals surface area contributed by atoms with E-state index >= 15 is 0 Å². The highest BCUT2D eigenvalue weighted by atomic mass is 16.8. The number of hydrogen-bond acceptors (Lipinski definition) is 3. The normalized spacial score (nSPS) is 25.0. The molecule has 4 nitrogen and oxygen atoms in total. The summed E-state index contributed by atoms with van der Waals surface area (Å²) in [6, 6.07) is 18.0. The maximum atomic E-state index is 12.2. The second-order valence-corrected chi connectivity index (χ2v) is 6.19. The van der Waals surface area contributed by atoms with Gasteiger partial charge in [-0.3, -0.25) is 4.84 Å². The molecule has 4 heteroatoms. The molecule has 122 valence electrons. The van der Waals surface area contributed by atoms with Crippen LogP contribution in [-0.2, 0) is 16.0 Å². The van der Waals surface area contributed by atoms with Crippen molar-refractivity contribution in [1.29, 1.82) is 0 Å². The van der Waals surface area contributed by atoms with Crippen LogP contribution in [0.2, 0.25) is 0 Å². The van der Waals surface area contributed by atoms with Gasteiger partial charge in [-0.1, -0.05) is 60.7 Å². The Morgan fingerprint density at radius 2 is 1.83 bits per heavy atom. The number of amides is 1. The summed E-state index contributed by atoms with van der Waals surface area (Å²) in [4.78, 5) is 18.3. The smallest absolute Gasteiger partial charge is 0.434 e. The zero-order chi connectivity index (χ0) is 16.5. The van der Waals surface area contributed by atoms with Gasteiger partial charge in [0.25, 0.3) is 0 Å². The van der Waals surface area contributed by atoms with Crippen LogP contribution in [-0.4, -0.2) is 23.3 Å². The average molecular weight is 321 g/mol. The molecular formula is C20H19NO3. The van der Waals surface area contributed by atoms with Crippen LogP contribution in [0.5, 0.6) is 0 Å². The van der Waals surface area contributed by atoms with E-state index in [9.17, 15) is 4.79 Å². The maximum Gasteiger partial charge on any atom is 0.434 e. The highest BCUT2D eigenvalue weighted by Crippen LogP contribution is 2.34. The van der Waals surface area contributed by atoms with E-state index in [0.29, 0.717) is 6.42 Å². The predicted octanol–water partition coefficient (Wildman–Crippen LogP) is 4.14. The minimum Gasteiger partial charge on any atom is -0.443 e. The lowest BCUT2D eigenvalue weighted by molar-refractivity contribution is -0.160. The van der Waals surface area contributed by atoms with Gasteiger partial charge < -0.3 is 4.74 Å². The van der Waals surface area contributed by atoms with Crippen molar-refractivity contribution in [3.63, 3.8) is 0 Å². The Labute approximate surface area is 141 Å². The number of cyclic esters (lactones) is 1. The van der Waals surface area contributed by atoms with Crippen LogP contribution in [0.4, 0.5) is 4.79 Å². The lowest BCUT2D eigenvalue weighted by atomic mass is 10.0. The van der Waals surface area contributed by atoms with E-state index in [0.717, 1.165) is 16.7 Å². The molecule has 0 radical (unpaired) electrons. The van der Waals surface area contributed by atoms with E-state index in [2.05, 4.69) is 12.1 Å². The van der Waals surface area contributed by atoms with Crippen molar-refractivity contribution >= 4 is 12.2 Å². The number of ether oxygens (including phenoxy) is 1. The third-order valence-electron chi connectivity index (χ3n) is 4.58. The first-order valence-electron chi connectivity index (χ1n) is 8.20. The van der Waals surface area contributed by atoms with Crippen molar-refractivity contribution in [3.8, 4) is 0 Å². The Bertz CT molecular complexity index is 771. The number of carbonyl (C=O) groups excluding carboxylic acids is 1. The van der Waals surface area contributed by atoms with Crippen LogP contribution >= 0.6 is 0 Å². The molecule has 0 saturated carbocycles. The van der Waals surface area contributed by atoms with Gasteiger partial charge in [0.2, 0.25) is 0 Å². The highest BCUT2D eigenvalue weighted by Gasteiger charge is 2.42. The first-order chi connectivity index (χ1) is 11.7. The van der Waals surface area contributed by atoms with Gasteiger partial charge in [0, 0.05) is 0 Å². The molecule has 1 saturated heterocycles. The third kappa shape index (κ3) is 2.69. The molecule has 1 amide bonds. The summed E-state index contributed by atoms with van der Waals surface area (Å²) in [6.45, 7) is 1.91. The number of hydrogen-bond donors (Lipinski definition) is 0. The fourth-order valence-corrected chi connectivity index (χ4v) is 3.27. The lowest BCUT2D eigenvalue weighted by Crippen LogP contribution is -2.38. The van der Waals surface area contributed by atoms with Gasteiger partial charge in [0.1, 0.15) is 18.2 Å². The van der Waals surface area contributed by atoms with Gasteiger partial charge >= 0.3 is 6.09 Å². The first-order valence-corrected chi connectivity index (χ1v) is 8.20. The molecule has 1 heterocycles. The molecule has 3 atom stereocenters. The molecule has 2 aromatic rings. The number of carbonyl (C=O) groups is 1. The standard InChI is InChI=1S/C20H19NO3/c1-14-18(13-15-7-3-2-4-8-15)21(20(22)23-14)24-19-12-11-16-9-5-6-10-17(16)19/h2-12,14,18-19H,13H2,1H3. The first kappa shape index (κ1) is 15.0. The molecule has 3 unspecified atom stereocenters. The van der Waals surface area contributed by atoms with Crippen LogP contribution in [0.1, 0.15) is 29.7 Å². The Morgan fingerprint density at radius 1 is 1.08 bits per heavy atom. The van der Waals surface area contributed by atoms with E-state index in [1.54, 1.807) is 0 Å². The summed E-state index contributed by atoms with van der Waals surface area (Å²) in [7, 11) is 0. The third-order valence-corrected chi connectivity index (χ3v) is 4.58. The molecular weight excluding hydrogens is 302 g/mol. The molecule has 4 rings (SSSR count). The fourth-order valence-electron chi connectivity index (χ4n) is 3.27. The van der Waals surface area contributed by atoms with Crippen LogP contribution in [0.15, 0.2) is 60.7 Å². The van der Waals surface area contributed by atoms with Crippen LogP contribution in [0, 0.1) is 0 Å². The second-order valence-electron chi connectivity index (χ2n) is 6.19. The minimum absolute atomic E-state index is 0.138. The maximum absolute atomic E-state index is 12.2. The topological polar surface area (TPSA) is 38.8 Å². The predicted molar refractivity (Wildman–Crippen MR) is 91.0 cm³/mol. The van der Waals surface area contributed by atoms with E-state index in [-0.39, 0.29) is 18.2 Å². The summed E-state index contributed by atoms with van der Waals surface area (Å²) in [5.41, 5.74) is 3.36. The Balaban J connectivity index is 1.54. The quantitative estimate of drug-likeness (QED) is 0.849. The van der Waals surface area contributed by atoms with E-state index in [4.69, 9.17) is 9.57 Å². The number of nitrogens with zero attached hydrogens (tertiary/aromatic N) is 1. The molecule has 0 N–H and O–H groups in total. The van der Waals surface area contributed by atoms with Crippen molar-refractivity contribution in [1.82, 2.24) is 5.06 Å². The van der Waals surface area contributed by atoms with Gasteiger partial charge in [0.15, 0.2) is 0 Å². The van der Waals surface area contributed by atoms with Gasteiger partial charge in [-0.2, -0.15) is 5.06 Å². The molecule has 1 aliphatic carbocycles. The van der Waals surface area contributed by atoms with Gasteiger partial charge in [-0.25, -0.2) is 4.79 Å². The summed E-state index contributed by atoms with van der Waals surface area (Å²) < 4.78 is 5.39. The summed E-state index contributed by atoms with van der Waals surface area (Å²) in [5.74, 6) is 0. The Hall–Kier alpha value is -2.59. The Kier molecular flexibility index (Phi) is 3.82. The van der Waals surface area contributed by atoms with Crippen LogP contribution in [0.3, 0.4) is 0 Å². The molecule has 2 aliphatic rings. The molecule has 0 bridgehead atoms. The zero-order valence-corrected chi connectivity index (χ0v) is 13.5. The van der Waals surface area contributed by atoms with Gasteiger partial charge in [-0.05, 0) is 36.1 Å². The molecule has 0 aromatic heterocycles. The Morgan fingerprint density at radius 3 is 2.67 bits per heavy atom. The van der Waals surface area contributed by atoms with Crippen molar-refractivity contribution < 1.29 is 14.4 Å². The van der Waals surface area contributed by atoms with Crippen LogP contribution in [0.25, 0.3) is 6.08 Å². The lowest BCUT2D eigenvalue weighted by Gasteiger charge is -2.25. The van der Waals surface area contributed by atoms with Crippen molar-refractivity contribution in [3.05, 3.63) is 77.4 Å². The zero-order valence-electron chi connectivity index (χ0n) is 13.5. The molecule has 1 aliphatic heterocycles. The van der Waals surface area contributed by atoms with Gasteiger partial charge in [-0.15, -0.1) is 0 Å². The summed E-state index contributed by atoms with van der Waals surface area (Å²) in [5, 5.41) is 1.41. The molecule has 2 aromatic carbocycles. The van der Waals surface area contributed by atoms with Crippen molar-refractivity contribution in [2.45, 2.75) is 31.6 Å². The van der Waals surface area contributed by atoms with Crippen molar-refractivity contribution in [2.75, 3.05) is 0 Å². The number of fused-ring (bicyclic) bond motifs is 1. The van der Waals surface area contributed by atoms with E-state index in [1.807, 2.05) is 61.5 Å². The fraction of sp³-hybridized carbons (Fsp3) is 0.250. The average Bonchev–Trinajstić information content (AvgIpc) is 3.12.